The molecule has 2 rings (SSSR count). The Labute approximate surface area is 144 Å². The van der Waals surface area contributed by atoms with Crippen molar-refractivity contribution in [2.75, 3.05) is 5.32 Å². The van der Waals surface area contributed by atoms with E-state index in [-0.39, 0.29) is 11.3 Å². The Morgan fingerprint density at radius 3 is 2.42 bits per heavy atom. The fraction of sp³-hybridized carbons (Fsp3) is 0.333. The lowest BCUT2D eigenvalue weighted by Gasteiger charge is -2.25. The number of nitrogens with zero attached hydrogens (tertiary/aromatic N) is 1. The second-order valence-electron chi connectivity index (χ2n) is 7.05. The van der Waals surface area contributed by atoms with E-state index in [0.29, 0.717) is 5.69 Å². The van der Waals surface area contributed by atoms with Gasteiger partial charge in [-0.25, -0.2) is 0 Å². The summed E-state index contributed by atoms with van der Waals surface area (Å²) < 4.78 is 0. The van der Waals surface area contributed by atoms with Crippen molar-refractivity contribution in [1.29, 1.82) is 0 Å². The van der Waals surface area contributed by atoms with Gasteiger partial charge in [0.15, 0.2) is 0 Å². The van der Waals surface area contributed by atoms with Crippen LogP contribution in [-0.4, -0.2) is 10.9 Å². The van der Waals surface area contributed by atoms with E-state index in [2.05, 4.69) is 22.1 Å². The first kappa shape index (κ1) is 17.7. The highest BCUT2D eigenvalue weighted by Crippen LogP contribution is 2.27. The van der Waals surface area contributed by atoms with Crippen molar-refractivity contribution in [1.82, 2.24) is 4.98 Å². The Kier molecular flexibility index (Phi) is 5.41. The van der Waals surface area contributed by atoms with Crippen LogP contribution in [-0.2, 0) is 4.79 Å². The molecule has 0 aliphatic heterocycles. The van der Waals surface area contributed by atoms with Gasteiger partial charge in [-0.1, -0.05) is 50.8 Å². The number of aryl methyl sites for hydroxylation is 2. The first-order chi connectivity index (χ1) is 11.3. The van der Waals surface area contributed by atoms with E-state index in [1.807, 2.05) is 71.0 Å². The molecule has 0 spiro atoms. The Balaban J connectivity index is 2.23. The number of pyridine rings is 1. The highest BCUT2D eigenvalue weighted by molar-refractivity contribution is 5.95. The van der Waals surface area contributed by atoms with E-state index in [0.717, 1.165) is 16.8 Å². The van der Waals surface area contributed by atoms with Crippen LogP contribution in [0.1, 0.15) is 37.6 Å². The van der Waals surface area contributed by atoms with Gasteiger partial charge >= 0.3 is 0 Å². The van der Waals surface area contributed by atoms with Gasteiger partial charge in [0.1, 0.15) is 5.92 Å². The van der Waals surface area contributed by atoms with Crippen LogP contribution in [0.15, 0.2) is 42.6 Å². The minimum Gasteiger partial charge on any atom is -0.324 e. The SMILES string of the molecule is Cc1cc(NC(=O)C(C#Cc2ccccc2)C(C)(C)C)cnc1C. The number of carbonyl (C=O) groups is 1. The molecule has 0 aliphatic carbocycles. The summed E-state index contributed by atoms with van der Waals surface area (Å²) in [5.41, 5.74) is 3.37. The first-order valence-corrected chi connectivity index (χ1v) is 8.08. The molecule has 0 saturated heterocycles. The van der Waals surface area contributed by atoms with Crippen molar-refractivity contribution in [3.8, 4) is 11.8 Å². The molecule has 0 radical (unpaired) electrons. The highest BCUT2D eigenvalue weighted by Gasteiger charge is 2.30. The Morgan fingerprint density at radius 1 is 1.17 bits per heavy atom. The minimum atomic E-state index is -0.417. The van der Waals surface area contributed by atoms with Crippen LogP contribution in [0.2, 0.25) is 0 Å². The fourth-order valence-corrected chi connectivity index (χ4v) is 2.28. The second-order valence-corrected chi connectivity index (χ2v) is 7.05. The molecule has 24 heavy (non-hydrogen) atoms. The van der Waals surface area contributed by atoms with Gasteiger partial charge in [0.2, 0.25) is 5.91 Å². The summed E-state index contributed by atoms with van der Waals surface area (Å²) in [4.78, 5) is 17.0. The summed E-state index contributed by atoms with van der Waals surface area (Å²) >= 11 is 0. The highest BCUT2D eigenvalue weighted by atomic mass is 16.1. The molecule has 1 aromatic carbocycles. The second kappa shape index (κ2) is 7.31. The quantitative estimate of drug-likeness (QED) is 0.836. The summed E-state index contributed by atoms with van der Waals surface area (Å²) in [5.74, 6) is 5.73. The maximum Gasteiger partial charge on any atom is 0.240 e. The summed E-state index contributed by atoms with van der Waals surface area (Å²) in [6.45, 7) is 10.00. The molecule has 2 aromatic rings. The fourth-order valence-electron chi connectivity index (χ4n) is 2.28. The Morgan fingerprint density at radius 2 is 1.83 bits per heavy atom. The Hall–Kier alpha value is -2.60. The normalized spacial score (nSPS) is 12.0. The molecule has 0 saturated carbocycles. The van der Waals surface area contributed by atoms with E-state index in [9.17, 15) is 4.79 Å². The molecule has 0 bridgehead atoms. The molecule has 124 valence electrons. The van der Waals surface area contributed by atoms with Gasteiger partial charge < -0.3 is 5.32 Å². The standard InChI is InChI=1S/C21H24N2O/c1-15-13-18(14-22-16(15)2)23-20(24)19(21(3,4)5)12-11-17-9-7-6-8-10-17/h6-10,13-14,19H,1-5H3,(H,23,24). The number of nitrogens with one attached hydrogen (secondary N) is 1. The lowest BCUT2D eigenvalue weighted by atomic mass is 9.80. The molecule has 0 aliphatic rings. The van der Waals surface area contributed by atoms with E-state index in [1.54, 1.807) is 6.20 Å². The number of rotatable bonds is 2. The van der Waals surface area contributed by atoms with Gasteiger partial charge in [-0.15, -0.1) is 0 Å². The van der Waals surface area contributed by atoms with Crippen molar-refractivity contribution in [3.05, 3.63) is 59.4 Å². The third kappa shape index (κ3) is 4.70. The average molecular weight is 320 g/mol. The maximum absolute atomic E-state index is 12.7. The lowest BCUT2D eigenvalue weighted by Crippen LogP contribution is -2.32. The minimum absolute atomic E-state index is 0.101. The summed E-state index contributed by atoms with van der Waals surface area (Å²) in [7, 11) is 0. The van der Waals surface area contributed by atoms with Crippen LogP contribution < -0.4 is 5.32 Å². The molecular weight excluding hydrogens is 296 g/mol. The van der Waals surface area contributed by atoms with Gasteiger partial charge in [-0.05, 0) is 43.0 Å². The van der Waals surface area contributed by atoms with Crippen LogP contribution in [0.25, 0.3) is 0 Å². The molecule has 0 fully saturated rings. The van der Waals surface area contributed by atoms with Crippen LogP contribution in [0.5, 0.6) is 0 Å². The van der Waals surface area contributed by atoms with Gasteiger partial charge in [0.05, 0.1) is 11.9 Å². The van der Waals surface area contributed by atoms with E-state index < -0.39 is 5.92 Å². The van der Waals surface area contributed by atoms with Gasteiger partial charge in [-0.3, -0.25) is 9.78 Å². The largest absolute Gasteiger partial charge is 0.324 e. The lowest BCUT2D eigenvalue weighted by molar-refractivity contribution is -0.120. The topological polar surface area (TPSA) is 42.0 Å². The molecule has 1 amide bonds. The van der Waals surface area contributed by atoms with Gasteiger partial charge in [0, 0.05) is 11.3 Å². The third-order valence-corrected chi connectivity index (χ3v) is 3.87. The van der Waals surface area contributed by atoms with Crippen molar-refractivity contribution in [3.63, 3.8) is 0 Å². The van der Waals surface area contributed by atoms with Crippen LogP contribution in [0.3, 0.4) is 0 Å². The predicted octanol–water partition coefficient (Wildman–Crippen LogP) is 4.35. The zero-order valence-electron chi connectivity index (χ0n) is 15.0. The molecular formula is C21H24N2O. The van der Waals surface area contributed by atoms with Crippen LogP contribution >= 0.6 is 0 Å². The summed E-state index contributed by atoms with van der Waals surface area (Å²) in [6.07, 6.45) is 1.69. The number of anilines is 1. The number of carbonyl (C=O) groups excluding carboxylic acids is 1. The molecule has 1 heterocycles. The maximum atomic E-state index is 12.7. The zero-order valence-corrected chi connectivity index (χ0v) is 15.0. The van der Waals surface area contributed by atoms with Crippen LogP contribution in [0, 0.1) is 37.0 Å². The summed E-state index contributed by atoms with van der Waals surface area (Å²) in [6, 6.07) is 11.7. The third-order valence-electron chi connectivity index (χ3n) is 3.87. The molecule has 3 heteroatoms. The van der Waals surface area contributed by atoms with Gasteiger partial charge in [-0.2, -0.15) is 0 Å². The van der Waals surface area contributed by atoms with Crippen LogP contribution in [0.4, 0.5) is 5.69 Å². The molecule has 3 nitrogen and oxygen atoms in total. The number of aromatic nitrogens is 1. The number of benzene rings is 1. The summed E-state index contributed by atoms with van der Waals surface area (Å²) in [5, 5.41) is 2.95. The number of hydrogen-bond donors (Lipinski definition) is 1. The zero-order chi connectivity index (χ0) is 17.7. The predicted molar refractivity (Wildman–Crippen MR) is 98.6 cm³/mol. The number of amides is 1. The van der Waals surface area contributed by atoms with E-state index in [4.69, 9.17) is 0 Å². The van der Waals surface area contributed by atoms with Crippen molar-refractivity contribution >= 4 is 11.6 Å². The number of hydrogen-bond acceptors (Lipinski definition) is 2. The average Bonchev–Trinajstić information content (AvgIpc) is 2.51. The van der Waals surface area contributed by atoms with Crippen molar-refractivity contribution in [2.24, 2.45) is 11.3 Å². The molecule has 1 N–H and O–H groups in total. The van der Waals surface area contributed by atoms with E-state index in [1.165, 1.54) is 0 Å². The Bertz CT molecular complexity index is 777. The van der Waals surface area contributed by atoms with Crippen molar-refractivity contribution in [2.45, 2.75) is 34.6 Å². The molecule has 1 atom stereocenters. The smallest absolute Gasteiger partial charge is 0.240 e. The first-order valence-electron chi connectivity index (χ1n) is 8.08. The molecule has 1 aromatic heterocycles. The van der Waals surface area contributed by atoms with Gasteiger partial charge in [0.25, 0.3) is 0 Å². The van der Waals surface area contributed by atoms with E-state index >= 15 is 0 Å². The van der Waals surface area contributed by atoms with Crippen molar-refractivity contribution < 1.29 is 4.79 Å². The monoisotopic (exact) mass is 320 g/mol. The molecule has 1 unspecified atom stereocenters.